The van der Waals surface area contributed by atoms with Gasteiger partial charge >= 0.3 is 0 Å². The Morgan fingerprint density at radius 2 is 2.00 bits per heavy atom. The average molecular weight is 248 g/mol. The van der Waals surface area contributed by atoms with Crippen LogP contribution in [0.5, 0.6) is 0 Å². The monoisotopic (exact) mass is 248 g/mol. The maximum absolute atomic E-state index is 5.32. The Morgan fingerprint density at radius 1 is 1.35 bits per heavy atom. The van der Waals surface area contributed by atoms with Gasteiger partial charge in [-0.15, -0.1) is 0 Å². The van der Waals surface area contributed by atoms with Crippen LogP contribution in [0, 0.1) is 6.92 Å². The Balaban J connectivity index is 1.94. The molecule has 0 spiro atoms. The first-order chi connectivity index (χ1) is 8.19. The molecule has 1 aliphatic rings. The number of thiocarbonyl (C=S) groups is 1. The molecule has 1 aliphatic carbocycles. The number of hydrogen-bond acceptors (Lipinski definition) is 1. The lowest BCUT2D eigenvalue weighted by atomic mass is 10.0. The molecule has 2 N–H and O–H groups in total. The molecule has 1 atom stereocenters. The molecule has 17 heavy (non-hydrogen) atoms. The number of rotatable bonds is 4. The van der Waals surface area contributed by atoms with E-state index in [0.29, 0.717) is 12.1 Å². The zero-order valence-corrected chi connectivity index (χ0v) is 11.3. The van der Waals surface area contributed by atoms with Gasteiger partial charge < -0.3 is 10.6 Å². The number of benzene rings is 1. The predicted octanol–water partition coefficient (Wildman–Crippen LogP) is 3.07. The van der Waals surface area contributed by atoms with Gasteiger partial charge in [-0.3, -0.25) is 0 Å². The summed E-state index contributed by atoms with van der Waals surface area (Å²) in [5, 5.41) is 7.51. The minimum atomic E-state index is 0.314. The lowest BCUT2D eigenvalue weighted by molar-refractivity contribution is 0.615. The third-order valence-corrected chi connectivity index (χ3v) is 3.34. The van der Waals surface area contributed by atoms with Gasteiger partial charge in [-0.25, -0.2) is 0 Å². The van der Waals surface area contributed by atoms with Crippen molar-refractivity contribution < 1.29 is 0 Å². The van der Waals surface area contributed by atoms with E-state index in [0.717, 1.165) is 11.5 Å². The number of nitrogens with one attached hydrogen (secondary N) is 2. The molecular formula is C14H20N2S. The summed E-state index contributed by atoms with van der Waals surface area (Å²) in [5.74, 6) is 0. The molecule has 0 aliphatic heterocycles. The van der Waals surface area contributed by atoms with E-state index in [2.05, 4.69) is 48.7 Å². The van der Waals surface area contributed by atoms with Crippen LogP contribution < -0.4 is 10.6 Å². The fourth-order valence-corrected chi connectivity index (χ4v) is 2.14. The topological polar surface area (TPSA) is 24.1 Å². The predicted molar refractivity (Wildman–Crippen MR) is 76.1 cm³/mol. The molecule has 3 heteroatoms. The Bertz CT molecular complexity index is 382. The molecule has 0 radical (unpaired) electrons. The van der Waals surface area contributed by atoms with Crippen LogP contribution in [-0.2, 0) is 0 Å². The van der Waals surface area contributed by atoms with E-state index >= 15 is 0 Å². The van der Waals surface area contributed by atoms with Gasteiger partial charge in [0.1, 0.15) is 0 Å². The molecule has 0 bridgehead atoms. The highest BCUT2D eigenvalue weighted by Gasteiger charge is 2.22. The molecule has 0 saturated heterocycles. The van der Waals surface area contributed by atoms with Crippen molar-refractivity contribution in [3.8, 4) is 0 Å². The summed E-state index contributed by atoms with van der Waals surface area (Å²) >= 11 is 5.32. The Morgan fingerprint density at radius 3 is 2.53 bits per heavy atom. The molecule has 0 amide bonds. The summed E-state index contributed by atoms with van der Waals surface area (Å²) in [4.78, 5) is 0. The smallest absolute Gasteiger partial charge is 0.166 e. The maximum atomic E-state index is 5.32. The highest BCUT2D eigenvalue weighted by molar-refractivity contribution is 7.80. The minimum absolute atomic E-state index is 0.314. The normalized spacial score (nSPS) is 16.4. The Kier molecular flexibility index (Phi) is 4.00. The number of aryl methyl sites for hydroxylation is 1. The Hall–Kier alpha value is -1.09. The quantitative estimate of drug-likeness (QED) is 0.801. The van der Waals surface area contributed by atoms with Gasteiger partial charge in [0.05, 0.1) is 6.04 Å². The third-order valence-electron chi connectivity index (χ3n) is 3.11. The summed E-state index contributed by atoms with van der Waals surface area (Å²) in [7, 11) is 0. The lowest BCUT2D eigenvalue weighted by Crippen LogP contribution is -2.38. The Labute approximate surface area is 109 Å². The third kappa shape index (κ3) is 3.70. The summed E-state index contributed by atoms with van der Waals surface area (Å²) in [6.45, 7) is 4.29. The molecule has 1 fully saturated rings. The zero-order valence-electron chi connectivity index (χ0n) is 10.5. The molecule has 0 heterocycles. The van der Waals surface area contributed by atoms with E-state index < -0.39 is 0 Å². The fraction of sp³-hybridized carbons (Fsp3) is 0.500. The fourth-order valence-electron chi connectivity index (χ4n) is 1.83. The molecule has 1 saturated carbocycles. The van der Waals surface area contributed by atoms with Crippen LogP contribution in [-0.4, -0.2) is 11.2 Å². The summed E-state index contributed by atoms with van der Waals surface area (Å²) < 4.78 is 0. The molecular weight excluding hydrogens is 228 g/mol. The second-order valence-electron chi connectivity index (χ2n) is 4.76. The molecule has 0 unspecified atom stereocenters. The summed E-state index contributed by atoms with van der Waals surface area (Å²) in [5.41, 5.74) is 2.60. The van der Waals surface area contributed by atoms with Crippen LogP contribution in [0.4, 0.5) is 0 Å². The highest BCUT2D eigenvalue weighted by atomic mass is 32.1. The van der Waals surface area contributed by atoms with Crippen LogP contribution in [0.1, 0.15) is 43.4 Å². The van der Waals surface area contributed by atoms with E-state index in [-0.39, 0.29) is 0 Å². The largest absolute Gasteiger partial charge is 0.360 e. The van der Waals surface area contributed by atoms with Crippen molar-refractivity contribution in [2.24, 2.45) is 0 Å². The van der Waals surface area contributed by atoms with Gasteiger partial charge in [-0.05, 0) is 44.0 Å². The van der Waals surface area contributed by atoms with Crippen molar-refractivity contribution in [1.29, 1.82) is 0 Å². The zero-order chi connectivity index (χ0) is 12.3. The standard InChI is InChI=1S/C14H20N2S/c1-3-13(11-6-4-10(2)5-7-11)16-14(17)15-12-8-9-12/h4-7,12-13H,3,8-9H2,1-2H3,(H2,15,16,17)/t13-/m0/s1. The van der Waals surface area contributed by atoms with Gasteiger partial charge in [0.25, 0.3) is 0 Å². The van der Waals surface area contributed by atoms with Gasteiger partial charge in [-0.2, -0.15) is 0 Å². The summed E-state index contributed by atoms with van der Waals surface area (Å²) in [6, 6.07) is 9.58. The molecule has 2 nitrogen and oxygen atoms in total. The molecule has 1 aromatic rings. The van der Waals surface area contributed by atoms with Crippen LogP contribution in [0.3, 0.4) is 0 Å². The van der Waals surface area contributed by atoms with Crippen LogP contribution >= 0.6 is 12.2 Å². The average Bonchev–Trinajstić information content (AvgIpc) is 3.11. The van der Waals surface area contributed by atoms with Crippen LogP contribution in [0.2, 0.25) is 0 Å². The SMILES string of the molecule is CC[C@H](NC(=S)NC1CC1)c1ccc(C)cc1. The van der Waals surface area contributed by atoms with Gasteiger partial charge in [0.2, 0.25) is 0 Å². The molecule has 92 valence electrons. The second kappa shape index (κ2) is 5.50. The van der Waals surface area contributed by atoms with E-state index in [1.54, 1.807) is 0 Å². The summed E-state index contributed by atoms with van der Waals surface area (Å²) in [6.07, 6.45) is 3.54. The van der Waals surface area contributed by atoms with Crippen molar-refractivity contribution in [2.45, 2.75) is 45.2 Å². The van der Waals surface area contributed by atoms with E-state index in [1.807, 2.05) is 0 Å². The van der Waals surface area contributed by atoms with Crippen molar-refractivity contribution in [1.82, 2.24) is 10.6 Å². The second-order valence-corrected chi connectivity index (χ2v) is 5.17. The van der Waals surface area contributed by atoms with Gasteiger partial charge in [-0.1, -0.05) is 36.8 Å². The highest BCUT2D eigenvalue weighted by Crippen LogP contribution is 2.20. The number of hydrogen-bond donors (Lipinski definition) is 2. The van der Waals surface area contributed by atoms with Crippen molar-refractivity contribution in [3.05, 3.63) is 35.4 Å². The molecule has 1 aromatic carbocycles. The van der Waals surface area contributed by atoms with Gasteiger partial charge in [0, 0.05) is 6.04 Å². The maximum Gasteiger partial charge on any atom is 0.166 e. The first kappa shape index (κ1) is 12.4. The van der Waals surface area contributed by atoms with Crippen molar-refractivity contribution in [2.75, 3.05) is 0 Å². The van der Waals surface area contributed by atoms with Gasteiger partial charge in [0.15, 0.2) is 5.11 Å². The van der Waals surface area contributed by atoms with E-state index in [4.69, 9.17) is 12.2 Å². The van der Waals surface area contributed by atoms with Crippen LogP contribution in [0.15, 0.2) is 24.3 Å². The molecule has 0 aromatic heterocycles. The van der Waals surface area contributed by atoms with E-state index in [9.17, 15) is 0 Å². The van der Waals surface area contributed by atoms with Crippen LogP contribution in [0.25, 0.3) is 0 Å². The first-order valence-electron chi connectivity index (χ1n) is 6.32. The van der Waals surface area contributed by atoms with Crippen molar-refractivity contribution >= 4 is 17.3 Å². The van der Waals surface area contributed by atoms with Crippen molar-refractivity contribution in [3.63, 3.8) is 0 Å². The molecule has 2 rings (SSSR count). The first-order valence-corrected chi connectivity index (χ1v) is 6.73. The minimum Gasteiger partial charge on any atom is -0.360 e. The van der Waals surface area contributed by atoms with E-state index in [1.165, 1.54) is 24.0 Å². The lowest BCUT2D eigenvalue weighted by Gasteiger charge is -2.20.